The van der Waals surface area contributed by atoms with E-state index in [-0.39, 0.29) is 39.3 Å². The van der Waals surface area contributed by atoms with Crippen molar-refractivity contribution >= 4 is 56.4 Å². The van der Waals surface area contributed by atoms with Gasteiger partial charge in [0.05, 0.1) is 15.5 Å². The molecule has 0 bridgehead atoms. The molecule has 0 heterocycles. The number of carbonyl (C=O) groups is 2. The molecule has 0 saturated heterocycles. The maximum Gasteiger partial charge on any atom is 0.271 e. The fraction of sp³-hybridized carbons (Fsp3) is 0.212. The minimum atomic E-state index is -4.42. The molecule has 240 valence electrons. The molecule has 0 radical (unpaired) electrons. The van der Waals surface area contributed by atoms with Crippen molar-refractivity contribution in [2.24, 2.45) is 0 Å². The van der Waals surface area contributed by atoms with Gasteiger partial charge in [-0.05, 0) is 42.3 Å². The van der Waals surface area contributed by atoms with Gasteiger partial charge in [0.2, 0.25) is 11.8 Å². The summed E-state index contributed by atoms with van der Waals surface area (Å²) in [5.41, 5.74) is 0.666. The Labute approximate surface area is 277 Å². The van der Waals surface area contributed by atoms with Crippen molar-refractivity contribution in [1.82, 2.24) is 10.2 Å². The minimum Gasteiger partial charge on any atom is -0.354 e. The number of nitrogens with zero attached hydrogens (tertiary/aromatic N) is 3. The van der Waals surface area contributed by atoms with Gasteiger partial charge in [-0.2, -0.15) is 0 Å². The predicted molar refractivity (Wildman–Crippen MR) is 178 cm³/mol. The molecule has 1 N–H and O–H groups in total. The van der Waals surface area contributed by atoms with E-state index in [1.807, 2.05) is 37.3 Å². The third-order valence-electron chi connectivity index (χ3n) is 7.15. The normalized spacial score (nSPS) is 11.8. The number of hydrogen-bond acceptors (Lipinski definition) is 6. The van der Waals surface area contributed by atoms with Crippen LogP contribution in [0.15, 0.2) is 108 Å². The number of benzene rings is 4. The molecule has 0 aromatic heterocycles. The van der Waals surface area contributed by atoms with Crippen LogP contribution >= 0.6 is 23.2 Å². The summed E-state index contributed by atoms with van der Waals surface area (Å²) < 4.78 is 28.9. The SMILES string of the molecule is CCCNC(=O)[C@H](Cc1ccccc1)N(Cc1c(Cl)cccc1Cl)C(=O)CN(c1cccc([N+](=O)[O-])c1)S(=O)(=O)c1ccccc1. The van der Waals surface area contributed by atoms with E-state index in [0.717, 1.165) is 15.9 Å². The number of halogens is 2. The van der Waals surface area contributed by atoms with Crippen LogP contribution in [0.1, 0.15) is 24.5 Å². The molecule has 0 saturated carbocycles. The molecule has 0 aliphatic heterocycles. The zero-order chi connectivity index (χ0) is 33.3. The van der Waals surface area contributed by atoms with Crippen LogP contribution in [0, 0.1) is 10.1 Å². The molecule has 4 aromatic rings. The molecule has 0 aliphatic carbocycles. The average molecular weight is 684 g/mol. The van der Waals surface area contributed by atoms with Crippen molar-refractivity contribution in [3.63, 3.8) is 0 Å². The van der Waals surface area contributed by atoms with Crippen molar-refractivity contribution < 1.29 is 22.9 Å². The number of sulfonamides is 1. The summed E-state index contributed by atoms with van der Waals surface area (Å²) in [5, 5.41) is 15.0. The molecular weight excluding hydrogens is 651 g/mol. The lowest BCUT2D eigenvalue weighted by atomic mass is 10.0. The Bertz CT molecular complexity index is 1770. The van der Waals surface area contributed by atoms with Crippen molar-refractivity contribution in [2.75, 3.05) is 17.4 Å². The molecule has 0 fully saturated rings. The van der Waals surface area contributed by atoms with E-state index >= 15 is 0 Å². The fourth-order valence-electron chi connectivity index (χ4n) is 4.78. The second-order valence-electron chi connectivity index (χ2n) is 10.3. The van der Waals surface area contributed by atoms with Crippen LogP contribution in [-0.4, -0.2) is 49.2 Å². The van der Waals surface area contributed by atoms with E-state index in [9.17, 15) is 28.1 Å². The van der Waals surface area contributed by atoms with Crippen molar-refractivity contribution in [3.8, 4) is 0 Å². The molecule has 0 aliphatic rings. The lowest BCUT2D eigenvalue weighted by Gasteiger charge is -2.34. The highest BCUT2D eigenvalue weighted by molar-refractivity contribution is 7.92. The Hall–Kier alpha value is -4.45. The van der Waals surface area contributed by atoms with Crippen LogP contribution in [0.25, 0.3) is 0 Å². The number of non-ortho nitro benzene ring substituents is 1. The van der Waals surface area contributed by atoms with Gasteiger partial charge in [-0.25, -0.2) is 8.42 Å². The molecule has 0 unspecified atom stereocenters. The van der Waals surface area contributed by atoms with Gasteiger partial charge in [-0.1, -0.05) is 90.8 Å². The van der Waals surface area contributed by atoms with Crippen molar-refractivity contribution in [2.45, 2.75) is 37.2 Å². The molecule has 0 spiro atoms. The van der Waals surface area contributed by atoms with Gasteiger partial charge in [0, 0.05) is 47.3 Å². The van der Waals surface area contributed by atoms with Gasteiger partial charge in [0.1, 0.15) is 12.6 Å². The van der Waals surface area contributed by atoms with Gasteiger partial charge in [0.15, 0.2) is 0 Å². The molecule has 1 atom stereocenters. The summed E-state index contributed by atoms with van der Waals surface area (Å²) in [4.78, 5) is 40.3. The van der Waals surface area contributed by atoms with E-state index in [1.165, 1.54) is 47.4 Å². The monoisotopic (exact) mass is 682 g/mol. The number of anilines is 1. The summed E-state index contributed by atoms with van der Waals surface area (Å²) in [6, 6.07) is 25.3. The zero-order valence-electron chi connectivity index (χ0n) is 24.9. The number of carbonyl (C=O) groups excluding carboxylic acids is 2. The highest BCUT2D eigenvalue weighted by Crippen LogP contribution is 2.30. The second kappa shape index (κ2) is 15.7. The second-order valence-corrected chi connectivity index (χ2v) is 13.0. The van der Waals surface area contributed by atoms with Crippen molar-refractivity contribution in [3.05, 3.63) is 134 Å². The smallest absolute Gasteiger partial charge is 0.271 e. The van der Waals surface area contributed by atoms with Gasteiger partial charge in [-0.3, -0.25) is 24.0 Å². The number of nitro groups is 1. The summed E-state index contributed by atoms with van der Waals surface area (Å²) in [7, 11) is -4.42. The highest BCUT2D eigenvalue weighted by atomic mass is 35.5. The minimum absolute atomic E-state index is 0.0998. The number of hydrogen-bond donors (Lipinski definition) is 1. The molecule has 2 amide bonds. The number of nitro benzene ring substituents is 1. The van der Waals surface area contributed by atoms with E-state index in [1.54, 1.807) is 24.3 Å². The average Bonchev–Trinajstić information content (AvgIpc) is 3.06. The van der Waals surface area contributed by atoms with Crippen molar-refractivity contribution in [1.29, 1.82) is 0 Å². The maximum atomic E-state index is 14.5. The summed E-state index contributed by atoms with van der Waals surface area (Å²) >= 11 is 13.0. The van der Waals surface area contributed by atoms with Crippen LogP contribution in [0.4, 0.5) is 11.4 Å². The Balaban J connectivity index is 1.85. The van der Waals surface area contributed by atoms with Gasteiger partial charge >= 0.3 is 0 Å². The summed E-state index contributed by atoms with van der Waals surface area (Å²) in [6.45, 7) is 1.24. The topological polar surface area (TPSA) is 130 Å². The van der Waals surface area contributed by atoms with Crippen LogP contribution in [0.5, 0.6) is 0 Å². The Morgan fingerprint density at radius 3 is 2.11 bits per heavy atom. The Morgan fingerprint density at radius 2 is 1.50 bits per heavy atom. The molecule has 10 nitrogen and oxygen atoms in total. The first kappa shape index (κ1) is 34.4. The van der Waals surface area contributed by atoms with E-state index in [4.69, 9.17) is 23.2 Å². The van der Waals surface area contributed by atoms with Crippen LogP contribution in [0.2, 0.25) is 10.0 Å². The Morgan fingerprint density at radius 1 is 0.891 bits per heavy atom. The van der Waals surface area contributed by atoms with Gasteiger partial charge in [0.25, 0.3) is 15.7 Å². The van der Waals surface area contributed by atoms with E-state index in [2.05, 4.69) is 5.32 Å². The zero-order valence-corrected chi connectivity index (χ0v) is 27.2. The van der Waals surface area contributed by atoms with Crippen LogP contribution < -0.4 is 9.62 Å². The molecule has 46 heavy (non-hydrogen) atoms. The van der Waals surface area contributed by atoms with Crippen LogP contribution in [-0.2, 0) is 32.6 Å². The third-order valence-corrected chi connectivity index (χ3v) is 9.65. The lowest BCUT2D eigenvalue weighted by molar-refractivity contribution is -0.384. The summed E-state index contributed by atoms with van der Waals surface area (Å²) in [6.07, 6.45) is 0.746. The lowest BCUT2D eigenvalue weighted by Crippen LogP contribution is -2.53. The first-order chi connectivity index (χ1) is 22.0. The van der Waals surface area contributed by atoms with Gasteiger partial charge in [-0.15, -0.1) is 0 Å². The van der Waals surface area contributed by atoms with E-state index < -0.39 is 39.3 Å². The number of rotatable bonds is 14. The molecule has 4 rings (SSSR count). The fourth-order valence-corrected chi connectivity index (χ4v) is 6.73. The molecule has 4 aromatic carbocycles. The van der Waals surface area contributed by atoms with Gasteiger partial charge < -0.3 is 10.2 Å². The number of amides is 2. The third kappa shape index (κ3) is 8.42. The molecular formula is C33H32Cl2N4O6S. The quantitative estimate of drug-likeness (QED) is 0.123. The van der Waals surface area contributed by atoms with Crippen LogP contribution in [0.3, 0.4) is 0 Å². The first-order valence-corrected chi connectivity index (χ1v) is 16.6. The summed E-state index contributed by atoms with van der Waals surface area (Å²) in [5.74, 6) is -1.20. The standard InChI is InChI=1S/C33H32Cl2N4O6S/c1-2-19-36-33(41)31(20-24-11-5-3-6-12-24)37(22-28-29(34)17-10-18-30(28)35)32(40)23-38(25-13-9-14-26(21-25)39(42)43)46(44,45)27-15-7-4-8-16-27/h3-18,21,31H,2,19-20,22-23H2,1H3,(H,36,41)/t31-/m0/s1. The number of nitrogens with one attached hydrogen (secondary N) is 1. The predicted octanol–water partition coefficient (Wildman–Crippen LogP) is 6.26. The maximum absolute atomic E-state index is 14.5. The highest BCUT2D eigenvalue weighted by Gasteiger charge is 2.35. The molecule has 13 heteroatoms. The first-order valence-electron chi connectivity index (χ1n) is 14.4. The Kier molecular flexibility index (Phi) is 11.8. The van der Waals surface area contributed by atoms with E-state index in [0.29, 0.717) is 18.5 Å². The largest absolute Gasteiger partial charge is 0.354 e.